The highest BCUT2D eigenvalue weighted by atomic mass is 16.5. The summed E-state index contributed by atoms with van der Waals surface area (Å²) < 4.78 is 10.0. The van der Waals surface area contributed by atoms with E-state index < -0.39 is 5.91 Å². The van der Waals surface area contributed by atoms with Crippen molar-refractivity contribution < 1.29 is 13.9 Å². The topological polar surface area (TPSA) is 115 Å². The van der Waals surface area contributed by atoms with Gasteiger partial charge in [0.25, 0.3) is 0 Å². The second kappa shape index (κ2) is 6.75. The highest BCUT2D eigenvalue weighted by Crippen LogP contribution is 2.03. The van der Waals surface area contributed by atoms with E-state index in [-0.39, 0.29) is 12.6 Å². The quantitative estimate of drug-likeness (QED) is 0.474. The molecular weight excluding hydrogens is 214 g/mol. The molecule has 0 aromatic carbocycles. The zero-order valence-electron chi connectivity index (χ0n) is 9.02. The number of hydrogen-bond donors (Lipinski definition) is 3. The Balaban J connectivity index is 2.25. The van der Waals surface area contributed by atoms with Crippen molar-refractivity contribution in [2.75, 3.05) is 32.1 Å². The minimum atomic E-state index is -0.488. The van der Waals surface area contributed by atoms with E-state index in [4.69, 9.17) is 14.9 Å². The van der Waals surface area contributed by atoms with Crippen LogP contribution in [0.2, 0.25) is 0 Å². The molecule has 0 atom stereocenters. The Kier molecular flexibility index (Phi) is 5.23. The number of anilines is 1. The van der Waals surface area contributed by atoms with Crippen molar-refractivity contribution in [1.29, 1.82) is 0 Å². The van der Waals surface area contributed by atoms with Crippen LogP contribution in [0.15, 0.2) is 4.42 Å². The molecule has 0 aliphatic carbocycles. The number of nitrogens with zero attached hydrogens (tertiary/aromatic N) is 2. The number of hydrogen-bond acceptors (Lipinski definition) is 7. The second-order valence-electron chi connectivity index (χ2n) is 2.99. The second-order valence-corrected chi connectivity index (χ2v) is 2.99. The van der Waals surface area contributed by atoms with Crippen LogP contribution in [0.4, 0.5) is 6.01 Å². The lowest BCUT2D eigenvalue weighted by molar-refractivity contribution is -0.116. The third-order valence-corrected chi connectivity index (χ3v) is 1.64. The molecule has 8 nitrogen and oxygen atoms in total. The molecule has 0 bridgehead atoms. The third-order valence-electron chi connectivity index (χ3n) is 1.64. The summed E-state index contributed by atoms with van der Waals surface area (Å²) in [6.45, 7) is 1.73. The molecule has 1 aromatic rings. The van der Waals surface area contributed by atoms with E-state index in [1.54, 1.807) is 7.11 Å². The van der Waals surface area contributed by atoms with Crippen molar-refractivity contribution in [2.24, 2.45) is 5.73 Å². The average molecular weight is 229 g/mol. The summed E-state index contributed by atoms with van der Waals surface area (Å²) in [4.78, 5) is 10.5. The summed E-state index contributed by atoms with van der Waals surface area (Å²) in [5.74, 6) is -0.0546. The first-order chi connectivity index (χ1) is 7.72. The van der Waals surface area contributed by atoms with Gasteiger partial charge in [0, 0.05) is 13.7 Å². The summed E-state index contributed by atoms with van der Waals surface area (Å²) in [5, 5.41) is 13.1. The molecule has 0 saturated carbocycles. The van der Waals surface area contributed by atoms with E-state index in [1.807, 2.05) is 0 Å². The number of amides is 1. The van der Waals surface area contributed by atoms with E-state index >= 15 is 0 Å². The number of primary amides is 1. The molecular formula is C8H15N5O3. The zero-order valence-corrected chi connectivity index (χ0v) is 9.02. The van der Waals surface area contributed by atoms with Crippen LogP contribution in [0.3, 0.4) is 0 Å². The first-order valence-corrected chi connectivity index (χ1v) is 4.76. The van der Waals surface area contributed by atoms with Gasteiger partial charge in [-0.05, 0) is 0 Å². The SMILES string of the molecule is COCCNCc1nnc(NCC(N)=O)o1. The highest BCUT2D eigenvalue weighted by molar-refractivity contribution is 5.78. The molecule has 8 heteroatoms. The lowest BCUT2D eigenvalue weighted by Crippen LogP contribution is -2.21. The number of carbonyl (C=O) groups excluding carboxylic acids is 1. The van der Waals surface area contributed by atoms with Crippen LogP contribution in [0, 0.1) is 0 Å². The molecule has 0 saturated heterocycles. The fourth-order valence-electron chi connectivity index (χ4n) is 0.929. The molecule has 0 radical (unpaired) electrons. The monoisotopic (exact) mass is 229 g/mol. The number of rotatable bonds is 8. The summed E-state index contributed by atoms with van der Waals surface area (Å²) >= 11 is 0. The molecule has 16 heavy (non-hydrogen) atoms. The average Bonchev–Trinajstić information content (AvgIpc) is 2.70. The van der Waals surface area contributed by atoms with Gasteiger partial charge in [-0.1, -0.05) is 5.10 Å². The van der Waals surface area contributed by atoms with Crippen LogP contribution in [0.25, 0.3) is 0 Å². The molecule has 0 spiro atoms. The Hall–Kier alpha value is -1.67. The largest absolute Gasteiger partial charge is 0.407 e. The Morgan fingerprint density at radius 2 is 2.38 bits per heavy atom. The van der Waals surface area contributed by atoms with Crippen LogP contribution >= 0.6 is 0 Å². The molecule has 1 amide bonds. The molecule has 90 valence electrons. The van der Waals surface area contributed by atoms with E-state index in [1.165, 1.54) is 0 Å². The first kappa shape index (κ1) is 12.4. The number of methoxy groups -OCH3 is 1. The summed E-state index contributed by atoms with van der Waals surface area (Å²) in [6, 6.07) is 0.183. The minimum Gasteiger partial charge on any atom is -0.407 e. The molecule has 1 aromatic heterocycles. The summed E-state index contributed by atoms with van der Waals surface area (Å²) in [6.07, 6.45) is 0. The predicted octanol–water partition coefficient (Wildman–Crippen LogP) is -1.30. The maximum Gasteiger partial charge on any atom is 0.315 e. The van der Waals surface area contributed by atoms with Gasteiger partial charge in [-0.2, -0.15) is 0 Å². The predicted molar refractivity (Wildman–Crippen MR) is 55.6 cm³/mol. The summed E-state index contributed by atoms with van der Waals surface area (Å²) in [5.41, 5.74) is 4.94. The van der Waals surface area contributed by atoms with Gasteiger partial charge in [-0.25, -0.2) is 0 Å². The van der Waals surface area contributed by atoms with Gasteiger partial charge >= 0.3 is 6.01 Å². The minimum absolute atomic E-state index is 0.0290. The van der Waals surface area contributed by atoms with Gasteiger partial charge in [-0.15, -0.1) is 5.10 Å². The lowest BCUT2D eigenvalue weighted by Gasteiger charge is -1.99. The van der Waals surface area contributed by atoms with Gasteiger partial charge in [-0.3, -0.25) is 4.79 Å². The van der Waals surface area contributed by atoms with E-state index in [9.17, 15) is 4.79 Å². The Morgan fingerprint density at radius 1 is 1.56 bits per heavy atom. The Bertz CT molecular complexity index is 327. The number of nitrogens with one attached hydrogen (secondary N) is 2. The fourth-order valence-corrected chi connectivity index (χ4v) is 0.929. The van der Waals surface area contributed by atoms with Crippen LogP contribution in [-0.4, -0.2) is 42.9 Å². The van der Waals surface area contributed by atoms with Crippen LogP contribution < -0.4 is 16.4 Å². The van der Waals surface area contributed by atoms with E-state index in [0.717, 1.165) is 0 Å². The first-order valence-electron chi connectivity index (χ1n) is 4.76. The smallest absolute Gasteiger partial charge is 0.315 e. The molecule has 0 unspecified atom stereocenters. The molecule has 0 fully saturated rings. The maximum atomic E-state index is 10.5. The highest BCUT2D eigenvalue weighted by Gasteiger charge is 2.05. The van der Waals surface area contributed by atoms with E-state index in [2.05, 4.69) is 20.8 Å². The van der Waals surface area contributed by atoms with Crippen LogP contribution in [0.5, 0.6) is 0 Å². The lowest BCUT2D eigenvalue weighted by atomic mass is 10.6. The number of ether oxygens (including phenoxy) is 1. The van der Waals surface area contributed by atoms with Crippen molar-refractivity contribution in [1.82, 2.24) is 15.5 Å². The van der Waals surface area contributed by atoms with Crippen LogP contribution in [-0.2, 0) is 16.1 Å². The maximum absolute atomic E-state index is 10.5. The number of nitrogens with two attached hydrogens (primary N) is 1. The molecule has 0 aliphatic heterocycles. The van der Waals surface area contributed by atoms with Gasteiger partial charge < -0.3 is 25.5 Å². The van der Waals surface area contributed by atoms with Crippen molar-refractivity contribution in [3.8, 4) is 0 Å². The van der Waals surface area contributed by atoms with Crippen molar-refractivity contribution in [2.45, 2.75) is 6.54 Å². The molecule has 1 rings (SSSR count). The summed E-state index contributed by atoms with van der Waals surface area (Å²) in [7, 11) is 1.63. The Morgan fingerprint density at radius 3 is 3.06 bits per heavy atom. The number of carbonyl (C=O) groups is 1. The zero-order chi connectivity index (χ0) is 11.8. The van der Waals surface area contributed by atoms with Gasteiger partial charge in [0.05, 0.1) is 19.7 Å². The third kappa shape index (κ3) is 4.71. The van der Waals surface area contributed by atoms with Gasteiger partial charge in [0.15, 0.2) is 0 Å². The van der Waals surface area contributed by atoms with Crippen molar-refractivity contribution in [3.05, 3.63) is 5.89 Å². The number of aromatic nitrogens is 2. The normalized spacial score (nSPS) is 10.3. The van der Waals surface area contributed by atoms with Crippen molar-refractivity contribution >= 4 is 11.9 Å². The Labute approximate surface area is 92.5 Å². The van der Waals surface area contributed by atoms with Gasteiger partial charge in [0.1, 0.15) is 0 Å². The van der Waals surface area contributed by atoms with E-state index in [0.29, 0.717) is 25.6 Å². The fraction of sp³-hybridized carbons (Fsp3) is 0.625. The van der Waals surface area contributed by atoms with Crippen molar-refractivity contribution in [3.63, 3.8) is 0 Å². The molecule has 0 aliphatic rings. The van der Waals surface area contributed by atoms with Gasteiger partial charge in [0.2, 0.25) is 11.8 Å². The van der Waals surface area contributed by atoms with Crippen LogP contribution in [0.1, 0.15) is 5.89 Å². The standard InChI is InChI=1S/C8H15N5O3/c1-15-3-2-10-5-7-12-13-8(16-7)11-4-6(9)14/h10H,2-5H2,1H3,(H2,9,14)(H,11,13). The molecule has 1 heterocycles. The molecule has 4 N–H and O–H groups in total.